The van der Waals surface area contributed by atoms with Crippen LogP contribution in [0.5, 0.6) is 0 Å². The average molecular weight is 248 g/mol. The van der Waals surface area contributed by atoms with Crippen molar-refractivity contribution in [1.29, 1.82) is 0 Å². The van der Waals surface area contributed by atoms with E-state index in [1.165, 1.54) is 11.1 Å². The van der Waals surface area contributed by atoms with E-state index >= 15 is 0 Å². The second kappa shape index (κ2) is 7.16. The van der Waals surface area contributed by atoms with Gasteiger partial charge >= 0.3 is 11.8 Å². The zero-order chi connectivity index (χ0) is 13.4. The summed E-state index contributed by atoms with van der Waals surface area (Å²) >= 11 is 0. The van der Waals surface area contributed by atoms with Gasteiger partial charge in [0.25, 0.3) is 0 Å². The first-order valence-electron chi connectivity index (χ1n) is 5.72. The summed E-state index contributed by atoms with van der Waals surface area (Å²) in [5.74, 6) is -1.33. The van der Waals surface area contributed by atoms with E-state index in [-0.39, 0.29) is 0 Å². The number of nitrogens with zero attached hydrogens (tertiary/aromatic N) is 3. The van der Waals surface area contributed by atoms with Crippen LogP contribution < -0.4 is 5.43 Å². The number of rotatable bonds is 4. The smallest absolute Gasteiger partial charge is 0.329 e. The molecule has 0 aliphatic rings. The first-order valence-corrected chi connectivity index (χ1v) is 5.72. The molecule has 0 fully saturated rings. The van der Waals surface area contributed by atoms with Gasteiger partial charge in [0, 0.05) is 19.3 Å². The third kappa shape index (κ3) is 3.97. The number of carbonyl (C=O) groups excluding carboxylic acids is 2. The van der Waals surface area contributed by atoms with Crippen LogP contribution in [0.25, 0.3) is 0 Å². The SMILES string of the molecule is CCN(CC)C(=O)C(=O)N/N=C/c1ccccn1. The van der Waals surface area contributed by atoms with Gasteiger partial charge in [-0.2, -0.15) is 5.10 Å². The van der Waals surface area contributed by atoms with Crippen molar-refractivity contribution in [2.24, 2.45) is 5.10 Å². The van der Waals surface area contributed by atoms with Crippen LogP contribution in [-0.4, -0.2) is 41.0 Å². The van der Waals surface area contributed by atoms with Crippen molar-refractivity contribution >= 4 is 18.0 Å². The summed E-state index contributed by atoms with van der Waals surface area (Å²) in [6.07, 6.45) is 3.00. The molecule has 6 nitrogen and oxygen atoms in total. The normalized spacial score (nSPS) is 10.3. The second-order valence-corrected chi connectivity index (χ2v) is 3.43. The minimum Gasteiger partial charge on any atom is -0.335 e. The van der Waals surface area contributed by atoms with Crippen molar-refractivity contribution in [3.05, 3.63) is 30.1 Å². The van der Waals surface area contributed by atoms with Crippen LogP contribution in [0.2, 0.25) is 0 Å². The molecule has 2 amide bonds. The molecule has 6 heteroatoms. The van der Waals surface area contributed by atoms with E-state index in [0.29, 0.717) is 18.8 Å². The van der Waals surface area contributed by atoms with E-state index in [4.69, 9.17) is 0 Å². The molecular weight excluding hydrogens is 232 g/mol. The summed E-state index contributed by atoms with van der Waals surface area (Å²) in [5, 5.41) is 3.68. The van der Waals surface area contributed by atoms with E-state index < -0.39 is 11.8 Å². The Hall–Kier alpha value is -2.24. The molecule has 0 aliphatic carbocycles. The largest absolute Gasteiger partial charge is 0.335 e. The predicted octanol–water partition coefficient (Wildman–Crippen LogP) is 0.400. The fraction of sp³-hybridized carbons (Fsp3) is 0.333. The quantitative estimate of drug-likeness (QED) is 0.476. The number of hydrazone groups is 1. The van der Waals surface area contributed by atoms with E-state index in [1.54, 1.807) is 24.4 Å². The number of carbonyl (C=O) groups is 2. The van der Waals surface area contributed by atoms with Crippen molar-refractivity contribution in [2.45, 2.75) is 13.8 Å². The highest BCUT2D eigenvalue weighted by atomic mass is 16.2. The summed E-state index contributed by atoms with van der Waals surface area (Å²) in [4.78, 5) is 28.4. The number of aromatic nitrogens is 1. The van der Waals surface area contributed by atoms with Gasteiger partial charge in [-0.15, -0.1) is 0 Å². The fourth-order valence-electron chi connectivity index (χ4n) is 1.31. The Morgan fingerprint density at radius 3 is 2.67 bits per heavy atom. The van der Waals surface area contributed by atoms with Crippen molar-refractivity contribution < 1.29 is 9.59 Å². The predicted molar refractivity (Wildman–Crippen MR) is 67.9 cm³/mol. The maximum absolute atomic E-state index is 11.6. The van der Waals surface area contributed by atoms with Gasteiger partial charge in [0.2, 0.25) is 0 Å². The first kappa shape index (κ1) is 13.8. The minimum atomic E-state index is -0.745. The Labute approximate surface area is 106 Å². The van der Waals surface area contributed by atoms with Crippen LogP contribution in [-0.2, 0) is 9.59 Å². The van der Waals surface area contributed by atoms with Crippen LogP contribution in [0.4, 0.5) is 0 Å². The molecule has 1 N–H and O–H groups in total. The van der Waals surface area contributed by atoms with Crippen molar-refractivity contribution in [3.63, 3.8) is 0 Å². The van der Waals surface area contributed by atoms with Crippen LogP contribution in [0.1, 0.15) is 19.5 Å². The Balaban J connectivity index is 2.51. The second-order valence-electron chi connectivity index (χ2n) is 3.43. The molecule has 18 heavy (non-hydrogen) atoms. The van der Waals surface area contributed by atoms with Crippen molar-refractivity contribution in [2.75, 3.05) is 13.1 Å². The number of likely N-dealkylation sites (N-methyl/N-ethyl adjacent to an activating group) is 1. The maximum Gasteiger partial charge on any atom is 0.329 e. The summed E-state index contributed by atoms with van der Waals surface area (Å²) in [5.41, 5.74) is 2.78. The van der Waals surface area contributed by atoms with Crippen LogP contribution in [0, 0.1) is 0 Å². The highest BCUT2D eigenvalue weighted by Crippen LogP contribution is 1.90. The average Bonchev–Trinajstić information content (AvgIpc) is 2.41. The number of pyridine rings is 1. The molecule has 1 aromatic heterocycles. The van der Waals surface area contributed by atoms with E-state index in [9.17, 15) is 9.59 Å². The van der Waals surface area contributed by atoms with Gasteiger partial charge in [0.05, 0.1) is 11.9 Å². The van der Waals surface area contributed by atoms with Gasteiger partial charge in [-0.1, -0.05) is 6.07 Å². The molecule has 0 saturated heterocycles. The molecule has 0 atom stereocenters. The zero-order valence-electron chi connectivity index (χ0n) is 10.5. The van der Waals surface area contributed by atoms with E-state index in [1.807, 2.05) is 13.8 Å². The summed E-state index contributed by atoms with van der Waals surface area (Å²) in [6.45, 7) is 4.61. The Bertz CT molecular complexity index is 427. The molecule has 0 aromatic carbocycles. The topological polar surface area (TPSA) is 74.7 Å². The molecule has 1 aromatic rings. The van der Waals surface area contributed by atoms with Gasteiger partial charge in [-0.3, -0.25) is 14.6 Å². The molecule has 0 aliphatic heterocycles. The van der Waals surface area contributed by atoms with Crippen LogP contribution >= 0.6 is 0 Å². The Morgan fingerprint density at radius 2 is 2.11 bits per heavy atom. The molecule has 1 rings (SSSR count). The molecule has 0 bridgehead atoms. The number of nitrogens with one attached hydrogen (secondary N) is 1. The lowest BCUT2D eigenvalue weighted by atomic mass is 10.4. The summed E-state index contributed by atoms with van der Waals surface area (Å²) < 4.78 is 0. The van der Waals surface area contributed by atoms with Gasteiger partial charge in [-0.25, -0.2) is 5.43 Å². The van der Waals surface area contributed by atoms with Gasteiger partial charge < -0.3 is 4.90 Å². The van der Waals surface area contributed by atoms with E-state index in [0.717, 1.165) is 0 Å². The lowest BCUT2D eigenvalue weighted by Crippen LogP contribution is -2.41. The monoisotopic (exact) mass is 248 g/mol. The third-order valence-electron chi connectivity index (χ3n) is 2.30. The molecular formula is C12H16N4O2. The first-order chi connectivity index (χ1) is 8.69. The summed E-state index contributed by atoms with van der Waals surface area (Å²) in [6, 6.07) is 5.32. The maximum atomic E-state index is 11.6. The Morgan fingerprint density at radius 1 is 1.39 bits per heavy atom. The standard InChI is InChI=1S/C12H16N4O2/c1-3-16(4-2)12(18)11(17)15-14-9-10-7-5-6-8-13-10/h5-9H,3-4H2,1-2H3,(H,15,17)/b14-9+. The molecule has 0 radical (unpaired) electrons. The Kier molecular flexibility index (Phi) is 5.50. The summed E-state index contributed by atoms with van der Waals surface area (Å²) in [7, 11) is 0. The van der Waals surface area contributed by atoms with Gasteiger partial charge in [-0.05, 0) is 26.0 Å². The molecule has 0 saturated carbocycles. The third-order valence-corrected chi connectivity index (χ3v) is 2.30. The highest BCUT2D eigenvalue weighted by Gasteiger charge is 2.18. The van der Waals surface area contributed by atoms with Gasteiger partial charge in [0.15, 0.2) is 0 Å². The van der Waals surface area contributed by atoms with E-state index in [2.05, 4.69) is 15.5 Å². The molecule has 0 unspecified atom stereocenters. The molecule has 96 valence electrons. The lowest BCUT2D eigenvalue weighted by Gasteiger charge is -2.16. The number of hydrogen-bond donors (Lipinski definition) is 1. The minimum absolute atomic E-state index is 0.493. The highest BCUT2D eigenvalue weighted by molar-refractivity contribution is 6.34. The van der Waals surface area contributed by atoms with Crippen molar-refractivity contribution in [3.8, 4) is 0 Å². The van der Waals surface area contributed by atoms with Gasteiger partial charge in [0.1, 0.15) is 0 Å². The van der Waals surface area contributed by atoms with Crippen LogP contribution in [0.3, 0.4) is 0 Å². The fourth-order valence-corrected chi connectivity index (χ4v) is 1.31. The molecule has 0 spiro atoms. The number of hydrogen-bond acceptors (Lipinski definition) is 4. The lowest BCUT2D eigenvalue weighted by molar-refractivity contribution is -0.145. The van der Waals surface area contributed by atoms with Crippen LogP contribution in [0.15, 0.2) is 29.5 Å². The molecule has 1 heterocycles. The van der Waals surface area contributed by atoms with Crippen molar-refractivity contribution in [1.82, 2.24) is 15.3 Å². The zero-order valence-corrected chi connectivity index (χ0v) is 10.5. The number of amides is 2.